The van der Waals surface area contributed by atoms with Crippen LogP contribution in [0.15, 0.2) is 57.8 Å². The van der Waals surface area contributed by atoms with Gasteiger partial charge in [0, 0.05) is 12.2 Å². The Labute approximate surface area is 170 Å². The molecule has 3 rings (SSSR count). The molecule has 0 spiro atoms. The Morgan fingerprint density at radius 1 is 1.14 bits per heavy atom. The maximum atomic E-state index is 12.6. The van der Waals surface area contributed by atoms with Gasteiger partial charge in [0.25, 0.3) is 10.0 Å². The van der Waals surface area contributed by atoms with Gasteiger partial charge < -0.3 is 10.2 Å². The third-order valence-electron chi connectivity index (χ3n) is 4.35. The summed E-state index contributed by atoms with van der Waals surface area (Å²) >= 11 is 1.14. The first kappa shape index (κ1) is 20.4. The van der Waals surface area contributed by atoms with Crippen LogP contribution in [-0.4, -0.2) is 31.8 Å². The summed E-state index contributed by atoms with van der Waals surface area (Å²) in [6.45, 7) is 4.64. The molecule has 28 heavy (non-hydrogen) atoms. The molecule has 148 valence electrons. The third-order valence-corrected chi connectivity index (χ3v) is 6.76. The highest BCUT2D eigenvalue weighted by molar-refractivity contribution is 8.15. The number of benzene rings is 2. The summed E-state index contributed by atoms with van der Waals surface area (Å²) in [4.78, 5) is 14.5. The summed E-state index contributed by atoms with van der Waals surface area (Å²) < 4.78 is 29.1. The third kappa shape index (κ3) is 4.56. The van der Waals surface area contributed by atoms with Crippen molar-refractivity contribution in [2.45, 2.75) is 31.6 Å². The normalized spacial score (nSPS) is 14.9. The van der Waals surface area contributed by atoms with Gasteiger partial charge in [0.2, 0.25) is 5.91 Å². The quantitative estimate of drug-likeness (QED) is 0.768. The molecule has 6 nitrogen and oxygen atoms in total. The van der Waals surface area contributed by atoms with E-state index in [0.29, 0.717) is 17.4 Å². The second-order valence-electron chi connectivity index (χ2n) is 6.47. The monoisotopic (exact) mass is 417 g/mol. The number of rotatable bonds is 6. The highest BCUT2D eigenvalue weighted by Crippen LogP contribution is 2.34. The van der Waals surface area contributed by atoms with Crippen molar-refractivity contribution in [1.82, 2.24) is 0 Å². The number of amides is 1. The smallest absolute Gasteiger partial charge is 0.286 e. The Balaban J connectivity index is 1.78. The first-order chi connectivity index (χ1) is 13.4. The van der Waals surface area contributed by atoms with Gasteiger partial charge in [-0.3, -0.25) is 4.79 Å². The number of para-hydroxylation sites is 2. The molecule has 1 amide bonds. The van der Waals surface area contributed by atoms with Crippen molar-refractivity contribution in [2.24, 2.45) is 4.40 Å². The highest BCUT2D eigenvalue weighted by Gasteiger charge is 2.30. The van der Waals surface area contributed by atoms with Crippen molar-refractivity contribution in [1.29, 1.82) is 0 Å². The number of hydrogen-bond acceptors (Lipinski definition) is 5. The lowest BCUT2D eigenvalue weighted by Crippen LogP contribution is -2.35. The first-order valence-corrected chi connectivity index (χ1v) is 11.5. The zero-order chi connectivity index (χ0) is 20.1. The van der Waals surface area contributed by atoms with Gasteiger partial charge in [0.15, 0.2) is 5.17 Å². The summed E-state index contributed by atoms with van der Waals surface area (Å²) in [7, 11) is -3.77. The Morgan fingerprint density at radius 2 is 1.86 bits per heavy atom. The van der Waals surface area contributed by atoms with Crippen LogP contribution in [0.1, 0.15) is 25.3 Å². The second kappa shape index (κ2) is 8.79. The molecular weight excluding hydrogens is 394 g/mol. The number of carbonyl (C=O) groups is 1. The van der Waals surface area contributed by atoms with E-state index in [-0.39, 0.29) is 16.6 Å². The minimum absolute atomic E-state index is 0.0769. The molecule has 2 aromatic rings. The van der Waals surface area contributed by atoms with E-state index in [1.165, 1.54) is 0 Å². The van der Waals surface area contributed by atoms with E-state index in [4.69, 9.17) is 0 Å². The minimum atomic E-state index is -3.77. The van der Waals surface area contributed by atoms with Gasteiger partial charge in [0.05, 0.1) is 11.4 Å². The molecule has 8 heteroatoms. The fourth-order valence-corrected chi connectivity index (χ4v) is 5.15. The van der Waals surface area contributed by atoms with Crippen LogP contribution in [0.25, 0.3) is 0 Å². The van der Waals surface area contributed by atoms with Crippen molar-refractivity contribution >= 4 is 44.2 Å². The van der Waals surface area contributed by atoms with Gasteiger partial charge in [-0.1, -0.05) is 55.4 Å². The van der Waals surface area contributed by atoms with Crippen LogP contribution in [0.4, 0.5) is 11.4 Å². The van der Waals surface area contributed by atoms with Gasteiger partial charge in [0.1, 0.15) is 4.90 Å². The lowest BCUT2D eigenvalue weighted by atomic mass is 10.2. The zero-order valence-corrected chi connectivity index (χ0v) is 17.5. The predicted octanol–water partition coefficient (Wildman–Crippen LogP) is 4.03. The SMILES string of the molecule is CCCCN1C(SCC(=O)Nc2ccccc2C)=NS(=O)(=O)c2ccccc21. The maximum absolute atomic E-state index is 12.6. The van der Waals surface area contributed by atoms with Crippen molar-refractivity contribution in [3.05, 3.63) is 54.1 Å². The van der Waals surface area contributed by atoms with E-state index in [2.05, 4.69) is 16.6 Å². The molecule has 0 bridgehead atoms. The number of nitrogens with zero attached hydrogens (tertiary/aromatic N) is 2. The molecule has 0 aliphatic carbocycles. The van der Waals surface area contributed by atoms with Crippen LogP contribution < -0.4 is 10.2 Å². The molecule has 1 N–H and O–H groups in total. The Hall–Kier alpha value is -2.32. The molecule has 0 aromatic heterocycles. The lowest BCUT2D eigenvalue weighted by molar-refractivity contribution is -0.113. The number of hydrogen-bond donors (Lipinski definition) is 1. The van der Waals surface area contributed by atoms with E-state index in [0.717, 1.165) is 35.9 Å². The van der Waals surface area contributed by atoms with E-state index in [9.17, 15) is 13.2 Å². The van der Waals surface area contributed by atoms with Crippen molar-refractivity contribution in [3.8, 4) is 0 Å². The van der Waals surface area contributed by atoms with Gasteiger partial charge in [-0.25, -0.2) is 0 Å². The van der Waals surface area contributed by atoms with Crippen molar-refractivity contribution < 1.29 is 13.2 Å². The fourth-order valence-electron chi connectivity index (χ4n) is 2.87. The number of fused-ring (bicyclic) bond motifs is 1. The molecule has 0 saturated carbocycles. The number of nitrogens with one attached hydrogen (secondary N) is 1. The van der Waals surface area contributed by atoms with Crippen LogP contribution in [0.2, 0.25) is 0 Å². The van der Waals surface area contributed by atoms with Gasteiger partial charge in [-0.2, -0.15) is 8.42 Å². The molecule has 1 aliphatic rings. The zero-order valence-electron chi connectivity index (χ0n) is 15.9. The van der Waals surface area contributed by atoms with Crippen LogP contribution in [-0.2, 0) is 14.8 Å². The number of thioether (sulfide) groups is 1. The highest BCUT2D eigenvalue weighted by atomic mass is 32.2. The van der Waals surface area contributed by atoms with Gasteiger partial charge in [-0.05, 0) is 37.1 Å². The largest absolute Gasteiger partial charge is 0.325 e. The van der Waals surface area contributed by atoms with Crippen LogP contribution in [0, 0.1) is 6.92 Å². The number of aryl methyl sites for hydroxylation is 1. The molecule has 1 heterocycles. The molecule has 2 aromatic carbocycles. The summed E-state index contributed by atoms with van der Waals surface area (Å²) in [5.41, 5.74) is 2.34. The standard InChI is InChI=1S/C20H23N3O3S2/c1-3-4-13-23-17-11-7-8-12-18(17)28(25,26)22-20(23)27-14-19(24)21-16-10-6-5-9-15(16)2/h5-12H,3-4,13-14H2,1-2H3,(H,21,24). The Bertz CT molecular complexity index is 1000. The Morgan fingerprint density at radius 3 is 2.61 bits per heavy atom. The summed E-state index contributed by atoms with van der Waals surface area (Å²) in [5.74, 6) is -0.123. The summed E-state index contributed by atoms with van der Waals surface area (Å²) in [5, 5.41) is 3.20. The number of anilines is 2. The van der Waals surface area contributed by atoms with Crippen LogP contribution in [0.5, 0.6) is 0 Å². The molecule has 0 fully saturated rings. The number of unbranched alkanes of at least 4 members (excludes halogenated alkanes) is 1. The van der Waals surface area contributed by atoms with Crippen LogP contribution in [0.3, 0.4) is 0 Å². The average molecular weight is 418 g/mol. The second-order valence-corrected chi connectivity index (χ2v) is 8.99. The maximum Gasteiger partial charge on any atom is 0.286 e. The predicted molar refractivity (Wildman–Crippen MR) is 116 cm³/mol. The van der Waals surface area contributed by atoms with Gasteiger partial charge in [-0.15, -0.1) is 4.40 Å². The van der Waals surface area contributed by atoms with Gasteiger partial charge >= 0.3 is 0 Å². The molecule has 0 atom stereocenters. The lowest BCUT2D eigenvalue weighted by Gasteiger charge is -2.30. The van der Waals surface area contributed by atoms with Crippen molar-refractivity contribution in [2.75, 3.05) is 22.5 Å². The average Bonchev–Trinajstić information content (AvgIpc) is 2.67. The molecule has 0 radical (unpaired) electrons. The Kier molecular flexibility index (Phi) is 6.41. The van der Waals surface area contributed by atoms with E-state index >= 15 is 0 Å². The molecular formula is C20H23N3O3S2. The van der Waals surface area contributed by atoms with Crippen LogP contribution >= 0.6 is 11.8 Å². The fraction of sp³-hybridized carbons (Fsp3) is 0.300. The first-order valence-electron chi connectivity index (χ1n) is 9.12. The molecule has 1 aliphatic heterocycles. The van der Waals surface area contributed by atoms with E-state index in [1.54, 1.807) is 18.2 Å². The van der Waals surface area contributed by atoms with Crippen molar-refractivity contribution in [3.63, 3.8) is 0 Å². The topological polar surface area (TPSA) is 78.8 Å². The van der Waals surface area contributed by atoms with E-state index < -0.39 is 10.0 Å². The molecule has 0 unspecified atom stereocenters. The minimum Gasteiger partial charge on any atom is -0.325 e. The molecule has 0 saturated heterocycles. The van der Waals surface area contributed by atoms with E-state index in [1.807, 2.05) is 42.2 Å². The summed E-state index contributed by atoms with van der Waals surface area (Å²) in [6, 6.07) is 14.4. The summed E-state index contributed by atoms with van der Waals surface area (Å²) in [6.07, 6.45) is 1.86. The number of sulfonamides is 1. The number of carbonyl (C=O) groups excluding carboxylic acids is 1. The number of amidine groups is 1.